The van der Waals surface area contributed by atoms with Crippen LogP contribution in [-0.2, 0) is 10.2 Å². The molecule has 3 nitrogen and oxygen atoms in total. The first-order chi connectivity index (χ1) is 8.19. The number of nitrogens with zero attached hydrogens (tertiary/aromatic N) is 1. The van der Waals surface area contributed by atoms with Gasteiger partial charge in [-0.15, -0.1) is 0 Å². The van der Waals surface area contributed by atoms with Gasteiger partial charge in [-0.3, -0.25) is 4.79 Å². The minimum Gasteiger partial charge on any atom is -0.481 e. The Bertz CT molecular complexity index is 554. The van der Waals surface area contributed by atoms with Gasteiger partial charge in [0.1, 0.15) is 0 Å². The van der Waals surface area contributed by atoms with E-state index < -0.39 is 11.4 Å². The smallest absolute Gasteiger partial charge is 0.314 e. The standard InChI is InChI=1S/C14H11NO2/c15-9-2-1-4-11-5-3-6-12(10-11)14(7-8-14)13(16)17/h3,5-6,10H,2,7-8H2,(H,16,17). The van der Waals surface area contributed by atoms with Crippen molar-refractivity contribution in [3.8, 4) is 17.9 Å². The van der Waals surface area contributed by atoms with Crippen LogP contribution < -0.4 is 0 Å². The van der Waals surface area contributed by atoms with E-state index in [0.717, 1.165) is 11.1 Å². The van der Waals surface area contributed by atoms with E-state index in [-0.39, 0.29) is 6.42 Å². The fourth-order valence-electron chi connectivity index (χ4n) is 1.83. The normalized spacial score (nSPS) is 15.2. The van der Waals surface area contributed by atoms with Crippen molar-refractivity contribution in [3.63, 3.8) is 0 Å². The molecular weight excluding hydrogens is 214 g/mol. The molecule has 0 bridgehead atoms. The van der Waals surface area contributed by atoms with Crippen LogP contribution in [0.4, 0.5) is 0 Å². The molecule has 0 aliphatic heterocycles. The molecule has 0 amide bonds. The number of hydrogen-bond acceptors (Lipinski definition) is 2. The zero-order chi connectivity index (χ0) is 12.3. The highest BCUT2D eigenvalue weighted by atomic mass is 16.4. The van der Waals surface area contributed by atoms with E-state index in [4.69, 9.17) is 5.26 Å². The average molecular weight is 225 g/mol. The second kappa shape index (κ2) is 4.31. The molecule has 1 aliphatic rings. The van der Waals surface area contributed by atoms with Gasteiger partial charge in [0.15, 0.2) is 0 Å². The highest BCUT2D eigenvalue weighted by Crippen LogP contribution is 2.48. The van der Waals surface area contributed by atoms with E-state index in [0.29, 0.717) is 12.8 Å². The van der Waals surface area contributed by atoms with E-state index >= 15 is 0 Å². The highest BCUT2D eigenvalue weighted by Gasteiger charge is 2.51. The lowest BCUT2D eigenvalue weighted by Crippen LogP contribution is -2.19. The van der Waals surface area contributed by atoms with Crippen LogP contribution in [0.3, 0.4) is 0 Å². The molecular formula is C14H11NO2. The van der Waals surface area contributed by atoms with Gasteiger partial charge in [-0.1, -0.05) is 24.0 Å². The van der Waals surface area contributed by atoms with Crippen molar-refractivity contribution in [3.05, 3.63) is 35.4 Å². The Labute approximate surface area is 99.7 Å². The summed E-state index contributed by atoms with van der Waals surface area (Å²) in [6.45, 7) is 0. The van der Waals surface area contributed by atoms with Gasteiger partial charge in [0.25, 0.3) is 0 Å². The van der Waals surface area contributed by atoms with Crippen LogP contribution >= 0.6 is 0 Å². The Morgan fingerprint density at radius 2 is 2.24 bits per heavy atom. The SMILES string of the molecule is N#CCC#Cc1cccc(C2(C(=O)O)CC2)c1. The number of nitriles is 1. The van der Waals surface area contributed by atoms with Crippen LogP contribution in [0, 0.1) is 23.2 Å². The minimum atomic E-state index is -0.764. The molecule has 17 heavy (non-hydrogen) atoms. The molecule has 2 rings (SSSR count). The number of aliphatic carboxylic acids is 1. The molecule has 0 radical (unpaired) electrons. The van der Waals surface area contributed by atoms with Crippen molar-refractivity contribution in [2.75, 3.05) is 0 Å². The maximum atomic E-state index is 11.2. The molecule has 84 valence electrons. The molecule has 0 atom stereocenters. The van der Waals surface area contributed by atoms with Gasteiger partial charge >= 0.3 is 5.97 Å². The molecule has 1 fully saturated rings. The van der Waals surface area contributed by atoms with Crippen LogP contribution in [0.1, 0.15) is 30.4 Å². The molecule has 0 aromatic heterocycles. The second-order valence-corrected chi connectivity index (χ2v) is 4.10. The number of carbonyl (C=O) groups is 1. The predicted molar refractivity (Wildman–Crippen MR) is 62.1 cm³/mol. The molecule has 0 saturated heterocycles. The van der Waals surface area contributed by atoms with E-state index in [9.17, 15) is 9.90 Å². The summed E-state index contributed by atoms with van der Waals surface area (Å²) in [5, 5.41) is 17.6. The van der Waals surface area contributed by atoms with Gasteiger partial charge in [0.2, 0.25) is 0 Å². The number of benzene rings is 1. The molecule has 1 aromatic rings. The average Bonchev–Trinajstić information content (AvgIpc) is 3.11. The third-order valence-corrected chi connectivity index (χ3v) is 2.97. The maximum absolute atomic E-state index is 11.2. The first kappa shape index (κ1) is 11.2. The molecule has 1 aliphatic carbocycles. The Morgan fingerprint density at radius 1 is 1.47 bits per heavy atom. The fourth-order valence-corrected chi connectivity index (χ4v) is 1.83. The van der Waals surface area contributed by atoms with Crippen LogP contribution in [0.25, 0.3) is 0 Å². The lowest BCUT2D eigenvalue weighted by Gasteiger charge is -2.09. The first-order valence-electron chi connectivity index (χ1n) is 5.39. The van der Waals surface area contributed by atoms with Crippen molar-refractivity contribution in [2.24, 2.45) is 0 Å². The predicted octanol–water partition coefficient (Wildman–Crippen LogP) is 2.07. The van der Waals surface area contributed by atoms with E-state index in [1.807, 2.05) is 30.3 Å². The van der Waals surface area contributed by atoms with Crippen molar-refractivity contribution < 1.29 is 9.90 Å². The Kier molecular flexibility index (Phi) is 2.85. The number of carboxylic acids is 1. The molecule has 0 unspecified atom stereocenters. The van der Waals surface area contributed by atoms with Crippen molar-refractivity contribution >= 4 is 5.97 Å². The summed E-state index contributed by atoms with van der Waals surface area (Å²) in [6.07, 6.45) is 1.57. The summed E-state index contributed by atoms with van der Waals surface area (Å²) in [5.74, 6) is 4.82. The summed E-state index contributed by atoms with van der Waals surface area (Å²) >= 11 is 0. The number of rotatable bonds is 2. The Morgan fingerprint density at radius 3 is 2.82 bits per heavy atom. The number of hydrogen-bond donors (Lipinski definition) is 1. The molecule has 1 saturated carbocycles. The maximum Gasteiger partial charge on any atom is 0.314 e. The van der Waals surface area contributed by atoms with Crippen LogP contribution in [0.15, 0.2) is 24.3 Å². The summed E-state index contributed by atoms with van der Waals surface area (Å²) in [4.78, 5) is 11.2. The second-order valence-electron chi connectivity index (χ2n) is 4.10. The van der Waals surface area contributed by atoms with Gasteiger partial charge in [-0.25, -0.2) is 0 Å². The summed E-state index contributed by atoms with van der Waals surface area (Å²) < 4.78 is 0. The molecule has 1 aromatic carbocycles. The molecule has 3 heteroatoms. The zero-order valence-electron chi connectivity index (χ0n) is 9.23. The Balaban J connectivity index is 2.28. The zero-order valence-corrected chi connectivity index (χ0v) is 9.23. The monoisotopic (exact) mass is 225 g/mol. The van der Waals surface area contributed by atoms with Crippen molar-refractivity contribution in [1.29, 1.82) is 5.26 Å². The van der Waals surface area contributed by atoms with Gasteiger partial charge in [0.05, 0.1) is 17.9 Å². The van der Waals surface area contributed by atoms with E-state index in [2.05, 4.69) is 11.8 Å². The minimum absolute atomic E-state index is 0.189. The summed E-state index contributed by atoms with van der Waals surface area (Å²) in [6, 6.07) is 9.23. The van der Waals surface area contributed by atoms with Gasteiger partial charge in [-0.05, 0) is 30.5 Å². The fraction of sp³-hybridized carbons (Fsp3) is 0.286. The van der Waals surface area contributed by atoms with Crippen molar-refractivity contribution in [1.82, 2.24) is 0 Å². The van der Waals surface area contributed by atoms with Crippen LogP contribution in [-0.4, -0.2) is 11.1 Å². The molecule has 0 spiro atoms. The third kappa shape index (κ3) is 2.14. The van der Waals surface area contributed by atoms with Gasteiger partial charge in [-0.2, -0.15) is 5.26 Å². The Hall–Kier alpha value is -2.26. The highest BCUT2D eigenvalue weighted by molar-refractivity contribution is 5.85. The summed E-state index contributed by atoms with van der Waals surface area (Å²) in [7, 11) is 0. The quantitative estimate of drug-likeness (QED) is 0.784. The molecule has 0 heterocycles. The molecule has 1 N–H and O–H groups in total. The van der Waals surface area contributed by atoms with Gasteiger partial charge in [0, 0.05) is 5.56 Å². The van der Waals surface area contributed by atoms with E-state index in [1.54, 1.807) is 0 Å². The van der Waals surface area contributed by atoms with Gasteiger partial charge < -0.3 is 5.11 Å². The topological polar surface area (TPSA) is 61.1 Å². The van der Waals surface area contributed by atoms with Crippen LogP contribution in [0.2, 0.25) is 0 Å². The largest absolute Gasteiger partial charge is 0.481 e. The van der Waals surface area contributed by atoms with Crippen LogP contribution in [0.5, 0.6) is 0 Å². The first-order valence-corrected chi connectivity index (χ1v) is 5.39. The third-order valence-electron chi connectivity index (χ3n) is 2.97. The van der Waals surface area contributed by atoms with E-state index in [1.165, 1.54) is 0 Å². The summed E-state index contributed by atoms with van der Waals surface area (Å²) in [5.41, 5.74) is 0.895. The lowest BCUT2D eigenvalue weighted by molar-refractivity contribution is -0.140. The number of carboxylic acid groups (broad SMARTS) is 1. The van der Waals surface area contributed by atoms with Crippen molar-refractivity contribution in [2.45, 2.75) is 24.7 Å². The lowest BCUT2D eigenvalue weighted by atomic mass is 9.94.